The first-order valence-corrected chi connectivity index (χ1v) is 5.47. The normalized spacial score (nSPS) is 12.0. The van der Waals surface area contributed by atoms with Crippen LogP contribution in [0.1, 0.15) is 24.8 Å². The van der Waals surface area contributed by atoms with Gasteiger partial charge in [0.15, 0.2) is 0 Å². The average Bonchev–Trinajstić information content (AvgIpc) is 2.29. The molecule has 0 radical (unpaired) electrons. The van der Waals surface area contributed by atoms with Crippen molar-refractivity contribution in [3.63, 3.8) is 0 Å². The van der Waals surface area contributed by atoms with Crippen molar-refractivity contribution in [3.05, 3.63) is 23.8 Å². The van der Waals surface area contributed by atoms with Crippen molar-refractivity contribution in [2.24, 2.45) is 0 Å². The Morgan fingerprint density at radius 3 is 2.69 bits per heavy atom. The number of esters is 1. The van der Waals surface area contributed by atoms with Gasteiger partial charge in [0, 0.05) is 4.90 Å². The molecule has 1 atom stereocenters. The molecule has 0 saturated carbocycles. The van der Waals surface area contributed by atoms with E-state index in [1.165, 1.54) is 7.11 Å². The predicted molar refractivity (Wildman–Crippen MR) is 65.3 cm³/mol. The largest absolute Gasteiger partial charge is 0.496 e. The summed E-state index contributed by atoms with van der Waals surface area (Å²) in [7, 11) is 3.00. The van der Waals surface area contributed by atoms with E-state index in [0.717, 1.165) is 16.2 Å². The molecule has 0 N–H and O–H groups in total. The molecule has 0 aromatic heterocycles. The van der Waals surface area contributed by atoms with E-state index in [1.54, 1.807) is 7.11 Å². The molecule has 0 spiro atoms. The van der Waals surface area contributed by atoms with E-state index in [0.29, 0.717) is 6.42 Å². The lowest BCUT2D eigenvalue weighted by Crippen LogP contribution is -2.06. The van der Waals surface area contributed by atoms with Crippen LogP contribution in [0.3, 0.4) is 0 Å². The molecular formula is C12H16O3S. The molecule has 0 fully saturated rings. The van der Waals surface area contributed by atoms with Gasteiger partial charge >= 0.3 is 5.97 Å². The highest BCUT2D eigenvalue weighted by molar-refractivity contribution is 7.80. The van der Waals surface area contributed by atoms with Crippen LogP contribution in [0, 0.1) is 0 Å². The Morgan fingerprint density at radius 2 is 2.12 bits per heavy atom. The summed E-state index contributed by atoms with van der Waals surface area (Å²) in [4.78, 5) is 11.9. The molecule has 0 amide bonds. The number of thiol groups is 1. The predicted octanol–water partition coefficient (Wildman–Crippen LogP) is 2.65. The Bertz CT molecular complexity index is 377. The molecule has 0 heterocycles. The molecule has 1 aromatic rings. The van der Waals surface area contributed by atoms with E-state index in [1.807, 2.05) is 25.1 Å². The third kappa shape index (κ3) is 3.17. The number of ether oxygens (including phenoxy) is 2. The lowest BCUT2D eigenvalue weighted by atomic mass is 9.98. The molecule has 0 aliphatic carbocycles. The first kappa shape index (κ1) is 12.9. The zero-order chi connectivity index (χ0) is 12.1. The van der Waals surface area contributed by atoms with Gasteiger partial charge in [-0.15, -0.1) is 12.6 Å². The summed E-state index contributed by atoms with van der Waals surface area (Å²) in [5.74, 6) is 0.620. The average molecular weight is 240 g/mol. The summed E-state index contributed by atoms with van der Waals surface area (Å²) in [5.41, 5.74) is 1.04. The zero-order valence-corrected chi connectivity index (χ0v) is 10.6. The lowest BCUT2D eigenvalue weighted by Gasteiger charge is -2.12. The first-order valence-electron chi connectivity index (χ1n) is 5.02. The standard InChI is InChI=1S/C12H16O3S/c1-8(6-12(13)15-3)9-4-5-11(16)10(7-9)14-2/h4-5,7-8,16H,6H2,1-3H3. The second kappa shape index (κ2) is 5.80. The van der Waals surface area contributed by atoms with E-state index in [2.05, 4.69) is 17.4 Å². The van der Waals surface area contributed by atoms with Crippen LogP contribution in [0.5, 0.6) is 5.75 Å². The van der Waals surface area contributed by atoms with Crippen molar-refractivity contribution < 1.29 is 14.3 Å². The highest BCUT2D eigenvalue weighted by Gasteiger charge is 2.12. The number of hydrogen-bond donors (Lipinski definition) is 1. The molecule has 16 heavy (non-hydrogen) atoms. The minimum Gasteiger partial charge on any atom is -0.496 e. The summed E-state index contributed by atoms with van der Waals surface area (Å²) in [6, 6.07) is 5.71. The Balaban J connectivity index is 2.83. The third-order valence-electron chi connectivity index (χ3n) is 2.47. The molecule has 0 bridgehead atoms. The Labute approximate surface area is 101 Å². The van der Waals surface area contributed by atoms with Crippen LogP contribution < -0.4 is 4.74 Å². The second-order valence-corrected chi connectivity index (χ2v) is 4.09. The summed E-state index contributed by atoms with van der Waals surface area (Å²) in [6.07, 6.45) is 0.367. The molecular weight excluding hydrogens is 224 g/mol. The summed E-state index contributed by atoms with van der Waals surface area (Å²) >= 11 is 4.27. The number of hydrogen-bond acceptors (Lipinski definition) is 4. The molecule has 0 aliphatic heterocycles. The second-order valence-electron chi connectivity index (χ2n) is 3.61. The third-order valence-corrected chi connectivity index (χ3v) is 2.84. The van der Waals surface area contributed by atoms with Gasteiger partial charge in [0.1, 0.15) is 5.75 Å². The number of rotatable bonds is 4. The van der Waals surface area contributed by atoms with Gasteiger partial charge < -0.3 is 9.47 Å². The molecule has 0 saturated heterocycles. The Hall–Kier alpha value is -1.16. The molecule has 3 nitrogen and oxygen atoms in total. The Kier molecular flexibility index (Phi) is 4.68. The maximum atomic E-state index is 11.1. The summed E-state index contributed by atoms with van der Waals surface area (Å²) in [5, 5.41) is 0. The monoisotopic (exact) mass is 240 g/mol. The molecule has 1 aromatic carbocycles. The number of carbonyl (C=O) groups is 1. The molecule has 1 rings (SSSR count). The lowest BCUT2D eigenvalue weighted by molar-refractivity contribution is -0.140. The molecule has 88 valence electrons. The van der Waals surface area contributed by atoms with Gasteiger partial charge in [0.25, 0.3) is 0 Å². The van der Waals surface area contributed by atoms with Gasteiger partial charge in [-0.2, -0.15) is 0 Å². The fourth-order valence-corrected chi connectivity index (χ4v) is 1.68. The van der Waals surface area contributed by atoms with Crippen molar-refractivity contribution >= 4 is 18.6 Å². The zero-order valence-electron chi connectivity index (χ0n) is 9.69. The highest BCUT2D eigenvalue weighted by atomic mass is 32.1. The van der Waals surface area contributed by atoms with Gasteiger partial charge in [-0.05, 0) is 23.6 Å². The smallest absolute Gasteiger partial charge is 0.306 e. The number of carbonyl (C=O) groups excluding carboxylic acids is 1. The van der Waals surface area contributed by atoms with Crippen LogP contribution >= 0.6 is 12.6 Å². The minimum atomic E-state index is -0.207. The number of benzene rings is 1. The quantitative estimate of drug-likeness (QED) is 0.649. The van der Waals surface area contributed by atoms with E-state index < -0.39 is 0 Å². The summed E-state index contributed by atoms with van der Waals surface area (Å²) < 4.78 is 9.81. The first-order chi connectivity index (χ1) is 7.58. The van der Waals surface area contributed by atoms with Gasteiger partial charge in [-0.3, -0.25) is 4.79 Å². The summed E-state index contributed by atoms with van der Waals surface area (Å²) in [6.45, 7) is 1.98. The van der Waals surface area contributed by atoms with Crippen LogP contribution in [0.15, 0.2) is 23.1 Å². The topological polar surface area (TPSA) is 35.5 Å². The van der Waals surface area contributed by atoms with Gasteiger partial charge in [-0.25, -0.2) is 0 Å². The van der Waals surface area contributed by atoms with Crippen molar-refractivity contribution in [1.82, 2.24) is 0 Å². The minimum absolute atomic E-state index is 0.107. The number of methoxy groups -OCH3 is 2. The molecule has 0 aliphatic rings. The van der Waals surface area contributed by atoms with Crippen LogP contribution in [0.2, 0.25) is 0 Å². The van der Waals surface area contributed by atoms with E-state index in [9.17, 15) is 4.79 Å². The molecule has 4 heteroatoms. The van der Waals surface area contributed by atoms with Crippen LogP contribution in [-0.4, -0.2) is 20.2 Å². The van der Waals surface area contributed by atoms with E-state index in [-0.39, 0.29) is 11.9 Å². The highest BCUT2D eigenvalue weighted by Crippen LogP contribution is 2.28. The van der Waals surface area contributed by atoms with Crippen LogP contribution in [0.4, 0.5) is 0 Å². The van der Waals surface area contributed by atoms with Gasteiger partial charge in [0.05, 0.1) is 20.6 Å². The van der Waals surface area contributed by atoms with Crippen LogP contribution in [0.25, 0.3) is 0 Å². The fraction of sp³-hybridized carbons (Fsp3) is 0.417. The fourth-order valence-electron chi connectivity index (χ4n) is 1.45. The van der Waals surface area contributed by atoms with E-state index >= 15 is 0 Å². The maximum Gasteiger partial charge on any atom is 0.306 e. The van der Waals surface area contributed by atoms with Crippen molar-refractivity contribution in [1.29, 1.82) is 0 Å². The van der Waals surface area contributed by atoms with Crippen molar-refractivity contribution in [2.45, 2.75) is 24.2 Å². The maximum absolute atomic E-state index is 11.1. The van der Waals surface area contributed by atoms with E-state index in [4.69, 9.17) is 4.74 Å². The Morgan fingerprint density at radius 1 is 1.44 bits per heavy atom. The van der Waals surface area contributed by atoms with Gasteiger partial charge in [-0.1, -0.05) is 13.0 Å². The molecule has 1 unspecified atom stereocenters. The van der Waals surface area contributed by atoms with Gasteiger partial charge in [0.2, 0.25) is 0 Å². The van der Waals surface area contributed by atoms with Crippen molar-refractivity contribution in [3.8, 4) is 5.75 Å². The van der Waals surface area contributed by atoms with Crippen molar-refractivity contribution in [2.75, 3.05) is 14.2 Å². The van der Waals surface area contributed by atoms with Crippen LogP contribution in [-0.2, 0) is 9.53 Å². The SMILES string of the molecule is COC(=O)CC(C)c1ccc(S)c(OC)c1.